The summed E-state index contributed by atoms with van der Waals surface area (Å²) in [6.07, 6.45) is 2.12. The van der Waals surface area contributed by atoms with Gasteiger partial charge in [0.1, 0.15) is 0 Å². The van der Waals surface area contributed by atoms with Crippen LogP contribution in [-0.4, -0.2) is 28.0 Å². The molecule has 4 rings (SSSR count). The van der Waals surface area contributed by atoms with Crippen molar-refractivity contribution in [2.75, 3.05) is 0 Å². The second kappa shape index (κ2) is 11.0. The second-order valence-corrected chi connectivity index (χ2v) is 17.4. The number of hydrogen-bond donors (Lipinski definition) is 0. The monoisotopic (exact) mass is 627 g/mol. The van der Waals surface area contributed by atoms with E-state index < -0.39 is 21.8 Å². The Morgan fingerprint density at radius 2 is 1.06 bits per heavy atom. The van der Waals surface area contributed by atoms with Crippen molar-refractivity contribution in [3.63, 3.8) is 0 Å². The Morgan fingerprint density at radius 3 is 1.58 bits per heavy atom. The van der Waals surface area contributed by atoms with E-state index in [0.717, 1.165) is 5.69 Å². The van der Waals surface area contributed by atoms with E-state index >= 15 is 0 Å². The molecule has 0 aromatic heterocycles. The topological polar surface area (TPSA) is 12.4 Å². The van der Waals surface area contributed by atoms with Gasteiger partial charge in [0.2, 0.25) is 0 Å². The van der Waals surface area contributed by atoms with Crippen LogP contribution in [0.3, 0.4) is 0 Å². The first-order valence-corrected chi connectivity index (χ1v) is 16.9. The van der Waals surface area contributed by atoms with Crippen LogP contribution in [0.5, 0.6) is 0 Å². The van der Waals surface area contributed by atoms with Gasteiger partial charge >= 0.3 is 208 Å². The van der Waals surface area contributed by atoms with Crippen LogP contribution >= 0.6 is 0 Å². The van der Waals surface area contributed by atoms with Crippen LogP contribution < -0.4 is 9.81 Å². The number of benzene rings is 4. The number of rotatable bonds is 7. The molecule has 0 aliphatic rings. The molecule has 0 N–H and O–H groups in total. The Kier molecular flexibility index (Phi) is 7.89. The third kappa shape index (κ3) is 5.50. The molecule has 0 aliphatic heterocycles. The molecule has 0 atom stereocenters. The molecule has 0 heterocycles. The predicted octanol–water partition coefficient (Wildman–Crippen LogP) is 6.20. The number of aliphatic imine (C=N–C) groups is 1. The van der Waals surface area contributed by atoms with Gasteiger partial charge in [-0.3, -0.25) is 0 Å². The van der Waals surface area contributed by atoms with E-state index in [-0.39, 0.29) is 0 Å². The predicted molar refractivity (Wildman–Crippen MR) is 146 cm³/mol. The zero-order chi connectivity index (χ0) is 23.2. The van der Waals surface area contributed by atoms with Gasteiger partial charge in [0.25, 0.3) is 0 Å². The molecule has 166 valence electrons. The van der Waals surface area contributed by atoms with Crippen molar-refractivity contribution < 1.29 is 0 Å². The van der Waals surface area contributed by atoms with Gasteiger partial charge in [-0.1, -0.05) is 0 Å². The number of nitrogens with zero attached hydrogens (tertiary/aromatic N) is 1. The molecule has 0 amide bonds. The Labute approximate surface area is 206 Å². The summed E-state index contributed by atoms with van der Waals surface area (Å²) in [6, 6.07) is 37.7. The normalized spacial score (nSPS) is 11.7. The summed E-state index contributed by atoms with van der Waals surface area (Å²) in [5.41, 5.74) is 5.03. The molecule has 0 saturated heterocycles. The van der Waals surface area contributed by atoms with E-state index in [1.807, 2.05) is 0 Å². The van der Waals surface area contributed by atoms with Crippen LogP contribution in [0.25, 0.3) is 0 Å². The van der Waals surface area contributed by atoms with Crippen LogP contribution in [0.1, 0.15) is 56.2 Å². The molecule has 33 heavy (non-hydrogen) atoms. The zero-order valence-corrected chi connectivity index (χ0v) is 23.4. The average molecular weight is 628 g/mol. The third-order valence-electron chi connectivity index (χ3n) is 5.88. The third-order valence-corrected chi connectivity index (χ3v) is 15.7. The van der Waals surface area contributed by atoms with E-state index in [1.54, 1.807) is 0 Å². The summed E-state index contributed by atoms with van der Waals surface area (Å²) in [6.45, 7) is 9.01. The molecule has 0 spiro atoms. The van der Waals surface area contributed by atoms with Gasteiger partial charge in [0.05, 0.1) is 0 Å². The fourth-order valence-electron chi connectivity index (χ4n) is 4.18. The summed E-state index contributed by atoms with van der Waals surface area (Å²) in [4.78, 5) is 5.16. The standard InChI is InChI=1S/C19H22N.2C6H5.Bi/c1-14(2)17-11-8-12-18(15(3)4)19(17)20-13-16-9-6-5-7-10-16;2*1-2-4-6-5-3-1;/h5-9,11-15H,1-4H3;2*1-5H;. The SMILES string of the molecule is CC(C)c1cccc(C(C)C)c1N=Cc1cccc[c]1[Bi]([c]1ccccc1)[c]1ccccc1. The summed E-state index contributed by atoms with van der Waals surface area (Å²) >= 11 is -2.46. The Morgan fingerprint density at radius 1 is 0.576 bits per heavy atom. The van der Waals surface area contributed by atoms with Gasteiger partial charge in [-0.25, -0.2) is 0 Å². The van der Waals surface area contributed by atoms with Crippen LogP contribution in [0.4, 0.5) is 5.69 Å². The summed E-state index contributed by atoms with van der Waals surface area (Å²) in [5.74, 6) is 0.873. The van der Waals surface area contributed by atoms with Gasteiger partial charge in [0, 0.05) is 0 Å². The minimum atomic E-state index is -2.46. The second-order valence-electron chi connectivity index (χ2n) is 8.92. The number of hydrogen-bond acceptors (Lipinski definition) is 1. The molecule has 4 aromatic rings. The number of para-hydroxylation sites is 1. The van der Waals surface area contributed by atoms with E-state index in [4.69, 9.17) is 4.99 Å². The minimum absolute atomic E-state index is 0.436. The molecular formula is C31H32BiN. The molecule has 1 nitrogen and oxygen atoms in total. The fourth-order valence-corrected chi connectivity index (χ4v) is 13.6. The Balaban J connectivity index is 1.84. The average Bonchev–Trinajstić information content (AvgIpc) is 2.84. The van der Waals surface area contributed by atoms with Crippen LogP contribution in [0.2, 0.25) is 0 Å². The maximum absolute atomic E-state index is 5.16. The first kappa shape index (κ1) is 23.6. The van der Waals surface area contributed by atoms with Crippen molar-refractivity contribution >= 4 is 43.5 Å². The zero-order valence-electron chi connectivity index (χ0n) is 19.9. The maximum atomic E-state index is 5.16. The first-order valence-electron chi connectivity index (χ1n) is 11.7. The molecule has 0 bridgehead atoms. The van der Waals surface area contributed by atoms with Crippen molar-refractivity contribution in [2.24, 2.45) is 4.99 Å². The van der Waals surface area contributed by atoms with E-state index in [9.17, 15) is 0 Å². The van der Waals surface area contributed by atoms with Crippen molar-refractivity contribution in [1.29, 1.82) is 0 Å². The molecule has 4 aromatic carbocycles. The van der Waals surface area contributed by atoms with Gasteiger partial charge < -0.3 is 0 Å². The molecular weight excluding hydrogens is 595 g/mol. The van der Waals surface area contributed by atoms with Gasteiger partial charge in [-0.2, -0.15) is 0 Å². The van der Waals surface area contributed by atoms with Gasteiger partial charge in [0.15, 0.2) is 0 Å². The fraction of sp³-hybridized carbons (Fsp3) is 0.194. The Hall–Kier alpha value is -2.57. The molecule has 0 unspecified atom stereocenters. The van der Waals surface area contributed by atoms with E-state index in [0.29, 0.717) is 11.8 Å². The molecule has 0 fully saturated rings. The summed E-state index contributed by atoms with van der Waals surface area (Å²) < 4.78 is 4.46. The van der Waals surface area contributed by atoms with Crippen molar-refractivity contribution in [1.82, 2.24) is 0 Å². The van der Waals surface area contributed by atoms with Crippen LogP contribution in [0, 0.1) is 0 Å². The summed E-state index contributed by atoms with van der Waals surface area (Å²) in [7, 11) is 0. The molecule has 0 aliphatic carbocycles. The Bertz CT molecular complexity index is 1140. The van der Waals surface area contributed by atoms with Gasteiger partial charge in [-0.05, 0) is 0 Å². The summed E-state index contributed by atoms with van der Waals surface area (Å²) in [5, 5.41) is 0. The van der Waals surface area contributed by atoms with Crippen LogP contribution in [-0.2, 0) is 0 Å². The molecule has 0 saturated carbocycles. The van der Waals surface area contributed by atoms with Crippen LogP contribution in [0.15, 0.2) is 108 Å². The van der Waals surface area contributed by atoms with Crippen molar-refractivity contribution in [3.05, 3.63) is 120 Å². The van der Waals surface area contributed by atoms with Crippen molar-refractivity contribution in [2.45, 2.75) is 39.5 Å². The molecule has 2 heteroatoms. The first-order chi connectivity index (χ1) is 16.1. The quantitative estimate of drug-likeness (QED) is 0.171. The van der Waals surface area contributed by atoms with Gasteiger partial charge in [-0.15, -0.1) is 0 Å². The molecule has 0 radical (unpaired) electrons. The van der Waals surface area contributed by atoms with E-state index in [1.165, 1.54) is 26.5 Å². The van der Waals surface area contributed by atoms with E-state index in [2.05, 4.69) is 137 Å². The van der Waals surface area contributed by atoms with Crippen molar-refractivity contribution in [3.8, 4) is 0 Å².